The number of amides is 2. The molecular formula is C28H41N7O4. The molecule has 212 valence electrons. The first-order valence-corrected chi connectivity index (χ1v) is 14.2. The minimum atomic E-state index is -0.741. The van der Waals surface area contributed by atoms with E-state index in [9.17, 15) is 14.4 Å². The molecule has 0 saturated carbocycles. The van der Waals surface area contributed by atoms with Crippen LogP contribution in [0.2, 0.25) is 0 Å². The van der Waals surface area contributed by atoms with Crippen LogP contribution < -0.4 is 16.2 Å². The zero-order chi connectivity index (χ0) is 27.4. The summed E-state index contributed by atoms with van der Waals surface area (Å²) in [5, 5.41) is 6.10. The maximum atomic E-state index is 13.5. The van der Waals surface area contributed by atoms with Crippen molar-refractivity contribution in [2.75, 3.05) is 77.9 Å². The van der Waals surface area contributed by atoms with Crippen molar-refractivity contribution in [1.29, 1.82) is 0 Å². The Kier molecular flexibility index (Phi) is 8.91. The number of ether oxygens (including phenoxy) is 1. The van der Waals surface area contributed by atoms with Crippen molar-refractivity contribution in [1.82, 2.24) is 29.6 Å². The lowest BCUT2D eigenvalue weighted by Crippen LogP contribution is -2.52. The van der Waals surface area contributed by atoms with E-state index in [-0.39, 0.29) is 24.3 Å². The molecule has 11 nitrogen and oxygen atoms in total. The fourth-order valence-corrected chi connectivity index (χ4v) is 6.05. The van der Waals surface area contributed by atoms with E-state index in [0.29, 0.717) is 42.2 Å². The average Bonchev–Trinajstić information content (AvgIpc) is 2.92. The molecule has 1 atom stereocenters. The topological polar surface area (TPSA) is 112 Å². The van der Waals surface area contributed by atoms with Crippen LogP contribution in [-0.4, -0.2) is 115 Å². The van der Waals surface area contributed by atoms with Gasteiger partial charge in [0.2, 0.25) is 11.8 Å². The molecule has 3 fully saturated rings. The van der Waals surface area contributed by atoms with Gasteiger partial charge in [-0.2, -0.15) is 0 Å². The minimum Gasteiger partial charge on any atom is -0.382 e. The molecule has 4 heterocycles. The number of aryl methyl sites for hydroxylation is 1. The van der Waals surface area contributed by atoms with Gasteiger partial charge in [0.15, 0.2) is 0 Å². The number of fused-ring (bicyclic) bond motifs is 1. The fraction of sp³-hybridized carbons (Fsp3) is 0.643. The van der Waals surface area contributed by atoms with Crippen LogP contribution in [0.15, 0.2) is 23.0 Å². The summed E-state index contributed by atoms with van der Waals surface area (Å²) in [6, 6.07) is 5.49. The van der Waals surface area contributed by atoms with Crippen LogP contribution in [0.4, 0.5) is 5.69 Å². The lowest BCUT2D eigenvalue weighted by Gasteiger charge is -2.42. The number of imide groups is 1. The number of piperazine rings is 1. The van der Waals surface area contributed by atoms with Gasteiger partial charge in [0, 0.05) is 57.4 Å². The number of hydrogen-bond donors (Lipinski definition) is 2. The Hall–Kier alpha value is -2.86. The number of anilines is 1. The summed E-state index contributed by atoms with van der Waals surface area (Å²) in [5.41, 5.74) is 0.962. The summed E-state index contributed by atoms with van der Waals surface area (Å²) in [5.74, 6) is -0.316. The van der Waals surface area contributed by atoms with Gasteiger partial charge >= 0.3 is 0 Å². The second kappa shape index (κ2) is 12.5. The summed E-state index contributed by atoms with van der Waals surface area (Å²) in [4.78, 5) is 49.7. The average molecular weight is 540 g/mol. The smallest absolute Gasteiger partial charge is 0.264 e. The molecule has 0 aliphatic carbocycles. The summed E-state index contributed by atoms with van der Waals surface area (Å²) in [6.45, 7) is 11.4. The van der Waals surface area contributed by atoms with E-state index in [1.165, 1.54) is 43.6 Å². The Balaban J connectivity index is 1.10. The van der Waals surface area contributed by atoms with Crippen molar-refractivity contribution in [3.05, 3.63) is 34.4 Å². The number of carbonyl (C=O) groups excluding carboxylic acids is 2. The largest absolute Gasteiger partial charge is 0.382 e. The highest BCUT2D eigenvalue weighted by atomic mass is 16.5. The highest BCUT2D eigenvalue weighted by Gasteiger charge is 2.31. The van der Waals surface area contributed by atoms with Gasteiger partial charge in [-0.1, -0.05) is 6.07 Å². The Labute approximate surface area is 229 Å². The number of likely N-dealkylation sites (N-methyl/N-ethyl adjacent to an activating group) is 1. The molecule has 0 radical (unpaired) electrons. The molecule has 3 aliphatic rings. The number of benzene rings is 1. The third kappa shape index (κ3) is 6.49. The van der Waals surface area contributed by atoms with Gasteiger partial charge in [0.05, 0.1) is 24.1 Å². The Morgan fingerprint density at radius 1 is 1.03 bits per heavy atom. The first-order chi connectivity index (χ1) is 18.9. The molecule has 1 aromatic carbocycles. The molecule has 3 aliphatic heterocycles. The zero-order valence-corrected chi connectivity index (χ0v) is 23.2. The van der Waals surface area contributed by atoms with E-state index < -0.39 is 11.9 Å². The van der Waals surface area contributed by atoms with E-state index >= 15 is 0 Å². The minimum absolute atomic E-state index is 0.200. The van der Waals surface area contributed by atoms with Gasteiger partial charge in [-0.3, -0.25) is 29.2 Å². The molecule has 0 bridgehead atoms. The van der Waals surface area contributed by atoms with E-state index in [1.807, 2.05) is 12.1 Å². The number of rotatable bonds is 9. The molecule has 0 spiro atoms. The third-order valence-electron chi connectivity index (χ3n) is 8.35. The van der Waals surface area contributed by atoms with Crippen molar-refractivity contribution in [3.8, 4) is 0 Å². The summed E-state index contributed by atoms with van der Waals surface area (Å²) in [6.07, 6.45) is 2.95. The van der Waals surface area contributed by atoms with E-state index in [2.05, 4.69) is 37.4 Å². The number of hydrogen-bond acceptors (Lipinski definition) is 9. The number of piperidine rings is 2. The molecule has 39 heavy (non-hydrogen) atoms. The van der Waals surface area contributed by atoms with Crippen molar-refractivity contribution in [3.63, 3.8) is 0 Å². The SMILES string of the molecule is Cc1nc2cccc(NCCOCCN3CCC(N4CCN(C)CC4)CC3)c2c(=O)n1C1CCC(=O)NC1=O. The van der Waals surface area contributed by atoms with Gasteiger partial charge in [-0.25, -0.2) is 4.98 Å². The monoisotopic (exact) mass is 539 g/mol. The van der Waals surface area contributed by atoms with Gasteiger partial charge in [0.25, 0.3) is 5.56 Å². The van der Waals surface area contributed by atoms with Crippen LogP contribution in [0, 0.1) is 6.92 Å². The van der Waals surface area contributed by atoms with Crippen LogP contribution >= 0.6 is 0 Å². The summed E-state index contributed by atoms with van der Waals surface area (Å²) < 4.78 is 7.33. The van der Waals surface area contributed by atoms with Crippen molar-refractivity contribution in [2.45, 2.75) is 44.7 Å². The summed E-state index contributed by atoms with van der Waals surface area (Å²) >= 11 is 0. The third-order valence-corrected chi connectivity index (χ3v) is 8.35. The van der Waals surface area contributed by atoms with Crippen LogP contribution in [0.5, 0.6) is 0 Å². The fourth-order valence-electron chi connectivity index (χ4n) is 6.05. The lowest BCUT2D eigenvalue weighted by atomic mass is 10.0. The Morgan fingerprint density at radius 3 is 2.54 bits per heavy atom. The molecule has 2 aromatic rings. The normalized spacial score (nSPS) is 22.4. The molecule has 2 N–H and O–H groups in total. The maximum Gasteiger partial charge on any atom is 0.264 e. The van der Waals surface area contributed by atoms with E-state index in [4.69, 9.17) is 4.74 Å². The van der Waals surface area contributed by atoms with E-state index in [1.54, 1.807) is 13.0 Å². The predicted octanol–water partition coefficient (Wildman–Crippen LogP) is 0.823. The predicted molar refractivity (Wildman–Crippen MR) is 150 cm³/mol. The van der Waals surface area contributed by atoms with Crippen LogP contribution in [-0.2, 0) is 14.3 Å². The molecule has 2 amide bonds. The Morgan fingerprint density at radius 2 is 1.79 bits per heavy atom. The standard InChI is InChI=1S/C28H41N7O4/c1-20-30-23-5-3-4-22(26(23)28(38)35(20)24-6-7-25(36)31-27(24)37)29-10-18-39-19-17-33-11-8-21(9-12-33)34-15-13-32(2)14-16-34/h3-5,21,24,29H,6-19H2,1-2H3,(H,31,36,37). The molecule has 5 rings (SSSR count). The highest BCUT2D eigenvalue weighted by Crippen LogP contribution is 2.23. The number of likely N-dealkylation sites (tertiary alicyclic amines) is 1. The van der Waals surface area contributed by atoms with Gasteiger partial charge in [0.1, 0.15) is 11.9 Å². The first kappa shape index (κ1) is 27.7. The second-order valence-electron chi connectivity index (χ2n) is 11.0. The molecule has 3 saturated heterocycles. The van der Waals surface area contributed by atoms with E-state index in [0.717, 1.165) is 25.7 Å². The highest BCUT2D eigenvalue weighted by molar-refractivity contribution is 5.99. The maximum absolute atomic E-state index is 13.5. The quantitative estimate of drug-likeness (QED) is 0.353. The number of nitrogens with zero attached hydrogens (tertiary/aromatic N) is 5. The second-order valence-corrected chi connectivity index (χ2v) is 11.0. The summed E-state index contributed by atoms with van der Waals surface area (Å²) in [7, 11) is 2.20. The van der Waals surface area contributed by atoms with Gasteiger partial charge in [-0.05, 0) is 58.5 Å². The first-order valence-electron chi connectivity index (χ1n) is 14.2. The molecular weight excluding hydrogens is 498 g/mol. The van der Waals surface area contributed by atoms with Crippen molar-refractivity contribution in [2.24, 2.45) is 0 Å². The number of carbonyl (C=O) groups is 2. The van der Waals surface area contributed by atoms with Gasteiger partial charge in [-0.15, -0.1) is 0 Å². The molecule has 11 heteroatoms. The van der Waals surface area contributed by atoms with Crippen molar-refractivity contribution < 1.29 is 14.3 Å². The van der Waals surface area contributed by atoms with Crippen LogP contribution in [0.25, 0.3) is 10.9 Å². The van der Waals surface area contributed by atoms with Crippen LogP contribution in [0.1, 0.15) is 37.5 Å². The Bertz CT molecular complexity index is 1230. The molecule has 1 aromatic heterocycles. The number of aromatic nitrogens is 2. The lowest BCUT2D eigenvalue weighted by molar-refractivity contribution is -0.135. The zero-order valence-electron chi connectivity index (χ0n) is 23.2. The molecule has 1 unspecified atom stereocenters. The van der Waals surface area contributed by atoms with Crippen molar-refractivity contribution >= 4 is 28.4 Å². The number of nitrogens with one attached hydrogen (secondary N) is 2. The van der Waals surface area contributed by atoms with Crippen LogP contribution in [0.3, 0.4) is 0 Å². The van der Waals surface area contributed by atoms with Gasteiger partial charge < -0.3 is 19.9 Å².